The summed E-state index contributed by atoms with van der Waals surface area (Å²) in [6.07, 6.45) is 0. The molecule has 0 aliphatic rings. The minimum absolute atomic E-state index is 0.101. The van der Waals surface area contributed by atoms with E-state index < -0.39 is 12.0 Å². The molecule has 0 saturated heterocycles. The van der Waals surface area contributed by atoms with E-state index in [2.05, 4.69) is 10.2 Å². The molecule has 72 valence electrons. The molecule has 1 aromatic rings. The second kappa shape index (κ2) is 3.53. The number of carboxylic acids is 1. The number of carboxylic acid groups (broad SMARTS) is 1. The molecule has 3 N–H and O–H groups in total. The molecule has 6 heteroatoms. The lowest BCUT2D eigenvalue weighted by Crippen LogP contribution is -2.35. The van der Waals surface area contributed by atoms with Gasteiger partial charge in [-0.3, -0.25) is 4.79 Å². The van der Waals surface area contributed by atoms with E-state index in [1.165, 1.54) is 4.80 Å². The molecule has 0 bridgehead atoms. The smallest absolute Gasteiger partial charge is 0.322 e. The summed E-state index contributed by atoms with van der Waals surface area (Å²) in [5, 5.41) is 16.5. The highest BCUT2D eigenvalue weighted by atomic mass is 16.4. The summed E-state index contributed by atoms with van der Waals surface area (Å²) in [5.74, 6) is -1.05. The van der Waals surface area contributed by atoms with Crippen LogP contribution in [0.2, 0.25) is 0 Å². The Morgan fingerprint density at radius 2 is 2.00 bits per heavy atom. The molecule has 0 aromatic carbocycles. The van der Waals surface area contributed by atoms with Crippen LogP contribution < -0.4 is 5.73 Å². The first-order chi connectivity index (χ1) is 6.00. The summed E-state index contributed by atoms with van der Waals surface area (Å²) in [6, 6.07) is -0.953. The maximum atomic E-state index is 10.4. The molecule has 0 aliphatic heterocycles. The van der Waals surface area contributed by atoms with Gasteiger partial charge in [-0.25, -0.2) is 0 Å². The zero-order chi connectivity index (χ0) is 10.0. The Morgan fingerprint density at radius 3 is 2.38 bits per heavy atom. The molecule has 1 aromatic heterocycles. The monoisotopic (exact) mass is 184 g/mol. The highest BCUT2D eigenvalue weighted by Crippen LogP contribution is 1.98. The third-order valence-corrected chi connectivity index (χ3v) is 1.73. The van der Waals surface area contributed by atoms with Crippen LogP contribution in [0.3, 0.4) is 0 Å². The number of hydrogen-bond donors (Lipinski definition) is 2. The Labute approximate surface area is 75.3 Å². The SMILES string of the molecule is Cc1nn(CC(N)C(=O)O)nc1C. The number of rotatable bonds is 3. The summed E-state index contributed by atoms with van der Waals surface area (Å²) in [4.78, 5) is 11.7. The second-order valence-corrected chi connectivity index (χ2v) is 2.87. The van der Waals surface area contributed by atoms with E-state index in [4.69, 9.17) is 10.8 Å². The summed E-state index contributed by atoms with van der Waals surface area (Å²) in [5.41, 5.74) is 6.89. The molecule has 0 aliphatic carbocycles. The van der Waals surface area contributed by atoms with Gasteiger partial charge >= 0.3 is 5.97 Å². The predicted octanol–water partition coefficient (Wildman–Crippen LogP) is -0.693. The highest BCUT2D eigenvalue weighted by Gasteiger charge is 2.13. The Balaban J connectivity index is 2.69. The molecule has 0 amide bonds. The van der Waals surface area contributed by atoms with Crippen molar-refractivity contribution >= 4 is 5.97 Å². The van der Waals surface area contributed by atoms with Crippen LogP contribution in [0, 0.1) is 13.8 Å². The molecular weight excluding hydrogens is 172 g/mol. The quantitative estimate of drug-likeness (QED) is 0.648. The lowest BCUT2D eigenvalue weighted by molar-refractivity contribution is -0.139. The third kappa shape index (κ3) is 2.25. The Kier molecular flexibility index (Phi) is 2.62. The highest BCUT2D eigenvalue weighted by molar-refractivity contribution is 5.72. The average molecular weight is 184 g/mol. The largest absolute Gasteiger partial charge is 0.480 e. The fourth-order valence-corrected chi connectivity index (χ4v) is 0.849. The van der Waals surface area contributed by atoms with Gasteiger partial charge in [0, 0.05) is 0 Å². The number of nitrogens with two attached hydrogens (primary N) is 1. The van der Waals surface area contributed by atoms with Gasteiger partial charge in [-0.1, -0.05) is 0 Å². The molecule has 0 fully saturated rings. The fraction of sp³-hybridized carbons (Fsp3) is 0.571. The minimum Gasteiger partial charge on any atom is -0.480 e. The number of nitrogens with zero attached hydrogens (tertiary/aromatic N) is 3. The van der Waals surface area contributed by atoms with Crippen LogP contribution in [0.15, 0.2) is 0 Å². The van der Waals surface area contributed by atoms with Crippen LogP contribution in [-0.2, 0) is 11.3 Å². The van der Waals surface area contributed by atoms with Crippen molar-refractivity contribution in [3.8, 4) is 0 Å². The standard InChI is InChI=1S/C7H12N4O2/c1-4-5(2)10-11(9-4)3-6(8)7(12)13/h6H,3,8H2,1-2H3,(H,12,13). The zero-order valence-electron chi connectivity index (χ0n) is 7.56. The minimum atomic E-state index is -1.05. The molecule has 0 saturated carbocycles. The first-order valence-electron chi connectivity index (χ1n) is 3.87. The lowest BCUT2D eigenvalue weighted by atomic mass is 10.3. The number of aliphatic carboxylic acids is 1. The topological polar surface area (TPSA) is 94.0 Å². The third-order valence-electron chi connectivity index (χ3n) is 1.73. The summed E-state index contributed by atoms with van der Waals surface area (Å²) in [7, 11) is 0. The van der Waals surface area contributed by atoms with Crippen molar-refractivity contribution < 1.29 is 9.90 Å². The molecule has 1 heterocycles. The van der Waals surface area contributed by atoms with Gasteiger partial charge in [0.2, 0.25) is 0 Å². The van der Waals surface area contributed by atoms with Gasteiger partial charge in [-0.2, -0.15) is 15.0 Å². The van der Waals surface area contributed by atoms with Gasteiger partial charge in [0.05, 0.1) is 17.9 Å². The van der Waals surface area contributed by atoms with Crippen molar-refractivity contribution in [3.63, 3.8) is 0 Å². The molecule has 0 radical (unpaired) electrons. The van der Waals surface area contributed by atoms with E-state index in [1.807, 2.05) is 13.8 Å². The van der Waals surface area contributed by atoms with Gasteiger partial charge < -0.3 is 10.8 Å². The Hall–Kier alpha value is -1.43. The number of aryl methyl sites for hydroxylation is 2. The van der Waals surface area contributed by atoms with Crippen LogP contribution >= 0.6 is 0 Å². The van der Waals surface area contributed by atoms with Crippen molar-refractivity contribution in [1.29, 1.82) is 0 Å². The van der Waals surface area contributed by atoms with Crippen LogP contribution in [-0.4, -0.2) is 32.1 Å². The van der Waals surface area contributed by atoms with Crippen molar-refractivity contribution in [3.05, 3.63) is 11.4 Å². The van der Waals surface area contributed by atoms with Crippen molar-refractivity contribution in [2.45, 2.75) is 26.4 Å². The maximum absolute atomic E-state index is 10.4. The van der Waals surface area contributed by atoms with Crippen LogP contribution in [0.5, 0.6) is 0 Å². The molecule has 1 unspecified atom stereocenters. The fourth-order valence-electron chi connectivity index (χ4n) is 0.849. The summed E-state index contributed by atoms with van der Waals surface area (Å²) < 4.78 is 0. The first-order valence-corrected chi connectivity index (χ1v) is 3.87. The molecule has 0 spiro atoms. The van der Waals surface area contributed by atoms with Crippen LogP contribution in [0.1, 0.15) is 11.4 Å². The number of aromatic nitrogens is 3. The number of hydrogen-bond acceptors (Lipinski definition) is 4. The normalized spacial score (nSPS) is 12.8. The van der Waals surface area contributed by atoms with Gasteiger partial charge in [0.15, 0.2) is 0 Å². The van der Waals surface area contributed by atoms with Gasteiger partial charge in [0.1, 0.15) is 6.04 Å². The van der Waals surface area contributed by atoms with E-state index in [-0.39, 0.29) is 6.54 Å². The molecular formula is C7H12N4O2. The van der Waals surface area contributed by atoms with Crippen molar-refractivity contribution in [1.82, 2.24) is 15.0 Å². The van der Waals surface area contributed by atoms with Crippen LogP contribution in [0.4, 0.5) is 0 Å². The van der Waals surface area contributed by atoms with Crippen molar-refractivity contribution in [2.24, 2.45) is 5.73 Å². The van der Waals surface area contributed by atoms with Crippen LogP contribution in [0.25, 0.3) is 0 Å². The van der Waals surface area contributed by atoms with Crippen molar-refractivity contribution in [2.75, 3.05) is 0 Å². The summed E-state index contributed by atoms with van der Waals surface area (Å²) >= 11 is 0. The molecule has 1 atom stereocenters. The first kappa shape index (κ1) is 9.66. The Morgan fingerprint density at radius 1 is 1.54 bits per heavy atom. The van der Waals surface area contributed by atoms with Gasteiger partial charge in [0.25, 0.3) is 0 Å². The summed E-state index contributed by atoms with van der Waals surface area (Å²) in [6.45, 7) is 3.72. The van der Waals surface area contributed by atoms with Gasteiger partial charge in [-0.15, -0.1) is 0 Å². The van der Waals surface area contributed by atoms with E-state index in [0.29, 0.717) is 0 Å². The van der Waals surface area contributed by atoms with E-state index in [0.717, 1.165) is 11.4 Å². The zero-order valence-corrected chi connectivity index (χ0v) is 7.56. The number of carbonyl (C=O) groups is 1. The Bertz CT molecular complexity index is 301. The van der Waals surface area contributed by atoms with E-state index in [1.54, 1.807) is 0 Å². The lowest BCUT2D eigenvalue weighted by Gasteiger charge is -2.03. The maximum Gasteiger partial charge on any atom is 0.322 e. The average Bonchev–Trinajstić information content (AvgIpc) is 2.31. The van der Waals surface area contributed by atoms with Gasteiger partial charge in [-0.05, 0) is 13.8 Å². The molecule has 1 rings (SSSR count). The second-order valence-electron chi connectivity index (χ2n) is 2.87. The van der Waals surface area contributed by atoms with E-state index >= 15 is 0 Å². The van der Waals surface area contributed by atoms with E-state index in [9.17, 15) is 4.79 Å². The predicted molar refractivity (Wildman–Crippen MR) is 45.1 cm³/mol. The molecule has 6 nitrogen and oxygen atoms in total. The molecule has 13 heavy (non-hydrogen) atoms.